The van der Waals surface area contributed by atoms with Crippen LogP contribution in [0.15, 0.2) is 12.2 Å². The van der Waals surface area contributed by atoms with Crippen LogP contribution in [0.25, 0.3) is 0 Å². The van der Waals surface area contributed by atoms with Gasteiger partial charge in [0.15, 0.2) is 0 Å². The van der Waals surface area contributed by atoms with Crippen molar-refractivity contribution in [2.75, 3.05) is 20.3 Å². The van der Waals surface area contributed by atoms with Gasteiger partial charge in [0.25, 0.3) is 0 Å². The predicted octanol–water partition coefficient (Wildman–Crippen LogP) is 1.53. The number of hydrogen-bond donors (Lipinski definition) is 0. The van der Waals surface area contributed by atoms with Crippen molar-refractivity contribution in [2.45, 2.75) is 19.8 Å². The molecule has 0 amide bonds. The maximum absolute atomic E-state index is 10.9. The van der Waals surface area contributed by atoms with E-state index in [4.69, 9.17) is 9.47 Å². The summed E-state index contributed by atoms with van der Waals surface area (Å²) in [5, 5.41) is 0. The van der Waals surface area contributed by atoms with Crippen molar-refractivity contribution < 1.29 is 14.3 Å². The van der Waals surface area contributed by atoms with E-state index in [0.717, 1.165) is 6.42 Å². The Labute approximate surface area is 73.4 Å². The third kappa shape index (κ3) is 7.28. The molecule has 0 aromatic rings. The Hall–Kier alpha value is -0.830. The summed E-state index contributed by atoms with van der Waals surface area (Å²) in [4.78, 5) is 10.9. The SMILES string of the molecule is CCC=CCC(=O)OCCOC. The van der Waals surface area contributed by atoms with Crippen LogP contribution in [0.3, 0.4) is 0 Å². The van der Waals surface area contributed by atoms with E-state index in [1.165, 1.54) is 0 Å². The lowest BCUT2D eigenvalue weighted by Gasteiger charge is -2.00. The van der Waals surface area contributed by atoms with Gasteiger partial charge in [-0.1, -0.05) is 19.1 Å². The van der Waals surface area contributed by atoms with Gasteiger partial charge in [0.05, 0.1) is 13.0 Å². The van der Waals surface area contributed by atoms with Crippen molar-refractivity contribution in [2.24, 2.45) is 0 Å². The highest BCUT2D eigenvalue weighted by molar-refractivity contribution is 5.71. The first-order chi connectivity index (χ1) is 5.81. The molecule has 0 saturated heterocycles. The molecule has 0 radical (unpaired) electrons. The molecule has 0 heterocycles. The summed E-state index contributed by atoms with van der Waals surface area (Å²) in [5.41, 5.74) is 0. The molecular formula is C9H16O3. The zero-order valence-electron chi connectivity index (χ0n) is 7.71. The summed E-state index contributed by atoms with van der Waals surface area (Å²) in [7, 11) is 1.57. The minimum Gasteiger partial charge on any atom is -0.463 e. The number of esters is 1. The van der Waals surface area contributed by atoms with Crippen LogP contribution in [0.5, 0.6) is 0 Å². The van der Waals surface area contributed by atoms with E-state index >= 15 is 0 Å². The Morgan fingerprint density at radius 1 is 1.33 bits per heavy atom. The summed E-state index contributed by atoms with van der Waals surface area (Å²) < 4.78 is 9.54. The van der Waals surface area contributed by atoms with E-state index in [0.29, 0.717) is 19.6 Å². The number of methoxy groups -OCH3 is 1. The van der Waals surface area contributed by atoms with E-state index in [9.17, 15) is 4.79 Å². The summed E-state index contributed by atoms with van der Waals surface area (Å²) in [6.07, 6.45) is 5.07. The molecule has 0 spiro atoms. The molecule has 70 valence electrons. The summed E-state index contributed by atoms with van der Waals surface area (Å²) >= 11 is 0. The van der Waals surface area contributed by atoms with Crippen LogP contribution < -0.4 is 0 Å². The number of carbonyl (C=O) groups excluding carboxylic acids is 1. The molecule has 0 atom stereocenters. The van der Waals surface area contributed by atoms with E-state index in [2.05, 4.69) is 0 Å². The van der Waals surface area contributed by atoms with Crippen LogP contribution in [0.4, 0.5) is 0 Å². The van der Waals surface area contributed by atoms with Crippen LogP contribution >= 0.6 is 0 Å². The smallest absolute Gasteiger partial charge is 0.309 e. The van der Waals surface area contributed by atoms with Crippen molar-refractivity contribution in [3.63, 3.8) is 0 Å². The predicted molar refractivity (Wildman–Crippen MR) is 46.9 cm³/mol. The molecule has 0 aliphatic rings. The Bertz CT molecular complexity index is 141. The largest absolute Gasteiger partial charge is 0.463 e. The number of ether oxygens (including phenoxy) is 2. The molecule has 0 N–H and O–H groups in total. The lowest BCUT2D eigenvalue weighted by molar-refractivity contribution is -0.143. The zero-order chi connectivity index (χ0) is 9.23. The van der Waals surface area contributed by atoms with Crippen molar-refractivity contribution in [3.05, 3.63) is 12.2 Å². The van der Waals surface area contributed by atoms with E-state index in [-0.39, 0.29) is 5.97 Å². The molecule has 3 nitrogen and oxygen atoms in total. The average Bonchev–Trinajstić information content (AvgIpc) is 2.06. The van der Waals surface area contributed by atoms with Gasteiger partial charge in [-0.05, 0) is 6.42 Å². The monoisotopic (exact) mass is 172 g/mol. The lowest BCUT2D eigenvalue weighted by Crippen LogP contribution is -2.08. The maximum atomic E-state index is 10.9. The van der Waals surface area contributed by atoms with Crippen LogP contribution in [-0.4, -0.2) is 26.3 Å². The van der Waals surface area contributed by atoms with E-state index in [1.54, 1.807) is 7.11 Å². The van der Waals surface area contributed by atoms with Crippen LogP contribution in [0.2, 0.25) is 0 Å². The van der Waals surface area contributed by atoms with Gasteiger partial charge in [0, 0.05) is 7.11 Å². The molecule has 0 aliphatic heterocycles. The second-order valence-electron chi connectivity index (χ2n) is 2.30. The van der Waals surface area contributed by atoms with Gasteiger partial charge in [-0.25, -0.2) is 0 Å². The Kier molecular flexibility index (Phi) is 7.70. The Morgan fingerprint density at radius 3 is 2.67 bits per heavy atom. The van der Waals surface area contributed by atoms with Gasteiger partial charge in [-0.15, -0.1) is 0 Å². The van der Waals surface area contributed by atoms with Gasteiger partial charge in [0.1, 0.15) is 6.61 Å². The van der Waals surface area contributed by atoms with Gasteiger partial charge < -0.3 is 9.47 Å². The molecule has 0 fully saturated rings. The topological polar surface area (TPSA) is 35.5 Å². The van der Waals surface area contributed by atoms with Crippen LogP contribution in [0.1, 0.15) is 19.8 Å². The molecule has 0 unspecified atom stereocenters. The summed E-state index contributed by atoms with van der Waals surface area (Å²) in [6.45, 7) is 2.82. The van der Waals surface area contributed by atoms with E-state index in [1.807, 2.05) is 19.1 Å². The standard InChI is InChI=1S/C9H16O3/c1-3-4-5-6-9(10)12-8-7-11-2/h4-5H,3,6-8H2,1-2H3. The van der Waals surface area contributed by atoms with E-state index < -0.39 is 0 Å². The van der Waals surface area contributed by atoms with Gasteiger partial charge in [-0.3, -0.25) is 4.79 Å². The summed E-state index contributed by atoms with van der Waals surface area (Å²) in [5.74, 6) is -0.197. The molecule has 0 aliphatic carbocycles. The molecule has 0 bridgehead atoms. The molecule has 0 aromatic heterocycles. The second-order valence-corrected chi connectivity index (χ2v) is 2.30. The lowest BCUT2D eigenvalue weighted by atomic mass is 10.3. The van der Waals surface area contributed by atoms with Crippen molar-refractivity contribution in [1.82, 2.24) is 0 Å². The summed E-state index contributed by atoms with van der Waals surface area (Å²) in [6, 6.07) is 0. The maximum Gasteiger partial charge on any atom is 0.309 e. The molecule has 0 aromatic carbocycles. The van der Waals surface area contributed by atoms with Gasteiger partial charge in [0.2, 0.25) is 0 Å². The van der Waals surface area contributed by atoms with Crippen molar-refractivity contribution >= 4 is 5.97 Å². The van der Waals surface area contributed by atoms with Crippen LogP contribution in [-0.2, 0) is 14.3 Å². The third-order valence-electron chi connectivity index (χ3n) is 1.24. The highest BCUT2D eigenvalue weighted by Crippen LogP contribution is 1.90. The fourth-order valence-corrected chi connectivity index (χ4v) is 0.644. The number of hydrogen-bond acceptors (Lipinski definition) is 3. The molecular weight excluding hydrogens is 156 g/mol. The van der Waals surface area contributed by atoms with Crippen molar-refractivity contribution in [3.8, 4) is 0 Å². The fourth-order valence-electron chi connectivity index (χ4n) is 0.644. The second kappa shape index (κ2) is 8.27. The quantitative estimate of drug-likeness (QED) is 0.346. The zero-order valence-corrected chi connectivity index (χ0v) is 7.71. The highest BCUT2D eigenvalue weighted by Gasteiger charge is 1.97. The van der Waals surface area contributed by atoms with Crippen molar-refractivity contribution in [1.29, 1.82) is 0 Å². The van der Waals surface area contributed by atoms with Gasteiger partial charge >= 0.3 is 5.97 Å². The normalized spacial score (nSPS) is 10.5. The van der Waals surface area contributed by atoms with Gasteiger partial charge in [-0.2, -0.15) is 0 Å². The molecule has 3 heteroatoms. The first kappa shape index (κ1) is 11.2. The average molecular weight is 172 g/mol. The van der Waals surface area contributed by atoms with Crippen LogP contribution in [0, 0.1) is 0 Å². The highest BCUT2D eigenvalue weighted by atomic mass is 16.6. The number of rotatable bonds is 6. The minimum atomic E-state index is -0.197. The Morgan fingerprint density at radius 2 is 2.08 bits per heavy atom. The Balaban J connectivity index is 3.27. The first-order valence-corrected chi connectivity index (χ1v) is 4.10. The molecule has 12 heavy (non-hydrogen) atoms. The minimum absolute atomic E-state index is 0.197. The molecule has 0 saturated carbocycles. The molecule has 0 rings (SSSR count). The number of allylic oxidation sites excluding steroid dienone is 1. The number of carbonyl (C=O) groups is 1. The fraction of sp³-hybridized carbons (Fsp3) is 0.667. The first-order valence-electron chi connectivity index (χ1n) is 4.10. The third-order valence-corrected chi connectivity index (χ3v) is 1.24.